The van der Waals surface area contributed by atoms with Gasteiger partial charge in [0.25, 0.3) is 0 Å². The molecular formula is C28H29N3O. The van der Waals surface area contributed by atoms with Gasteiger partial charge in [-0.25, -0.2) is 0 Å². The van der Waals surface area contributed by atoms with Crippen molar-refractivity contribution in [3.63, 3.8) is 0 Å². The average molecular weight is 424 g/mol. The molecule has 2 aromatic carbocycles. The van der Waals surface area contributed by atoms with Crippen molar-refractivity contribution in [2.45, 2.75) is 45.7 Å². The van der Waals surface area contributed by atoms with Crippen molar-refractivity contribution < 1.29 is 4.79 Å². The number of carbonyl (C=O) groups excluding carboxylic acids is 1. The van der Waals surface area contributed by atoms with Gasteiger partial charge >= 0.3 is 0 Å². The molecule has 1 aliphatic carbocycles. The molecule has 4 nitrogen and oxygen atoms in total. The summed E-state index contributed by atoms with van der Waals surface area (Å²) in [6.07, 6.45) is 7.23. The quantitative estimate of drug-likeness (QED) is 0.471. The van der Waals surface area contributed by atoms with Gasteiger partial charge in [-0.3, -0.25) is 9.78 Å². The predicted octanol–water partition coefficient (Wildman–Crippen LogP) is 5.07. The minimum Gasteiger partial charge on any atom is -0.352 e. The van der Waals surface area contributed by atoms with Crippen molar-refractivity contribution in [3.05, 3.63) is 101 Å². The number of aryl methyl sites for hydroxylation is 1. The second-order valence-electron chi connectivity index (χ2n) is 8.72. The summed E-state index contributed by atoms with van der Waals surface area (Å²) in [5.41, 5.74) is 7.76. The molecule has 0 saturated carbocycles. The summed E-state index contributed by atoms with van der Waals surface area (Å²) in [6.45, 7) is 3.61. The number of hydrogen-bond donors (Lipinski definition) is 1. The molecule has 5 rings (SSSR count). The fourth-order valence-electron chi connectivity index (χ4n) is 4.97. The summed E-state index contributed by atoms with van der Waals surface area (Å²) in [7, 11) is 0. The highest BCUT2D eigenvalue weighted by Gasteiger charge is 2.29. The molecule has 1 aliphatic rings. The molecule has 4 heteroatoms. The summed E-state index contributed by atoms with van der Waals surface area (Å²) < 4.78 is 2.48. The van der Waals surface area contributed by atoms with Crippen LogP contribution >= 0.6 is 0 Å². The Hall–Kier alpha value is -3.40. The van der Waals surface area contributed by atoms with E-state index in [0.29, 0.717) is 6.54 Å². The van der Waals surface area contributed by atoms with Gasteiger partial charge in [-0.1, -0.05) is 55.5 Å². The Morgan fingerprint density at radius 3 is 2.75 bits per heavy atom. The van der Waals surface area contributed by atoms with Crippen LogP contribution in [0.2, 0.25) is 0 Å². The van der Waals surface area contributed by atoms with E-state index in [1.54, 1.807) is 12.4 Å². The maximum absolute atomic E-state index is 12.9. The van der Waals surface area contributed by atoms with Crippen LogP contribution in [0.4, 0.5) is 0 Å². The molecule has 0 bridgehead atoms. The lowest BCUT2D eigenvalue weighted by molar-refractivity contribution is -0.125. The molecule has 0 radical (unpaired) electrons. The van der Waals surface area contributed by atoms with Crippen molar-refractivity contribution in [2.75, 3.05) is 0 Å². The van der Waals surface area contributed by atoms with Gasteiger partial charge in [0, 0.05) is 48.0 Å². The van der Waals surface area contributed by atoms with Crippen LogP contribution in [0.1, 0.15) is 41.3 Å². The van der Waals surface area contributed by atoms with Gasteiger partial charge in [0.15, 0.2) is 0 Å². The largest absolute Gasteiger partial charge is 0.352 e. The number of nitrogens with one attached hydrogen (secondary N) is 1. The molecular weight excluding hydrogens is 394 g/mol. The Bertz CT molecular complexity index is 1240. The van der Waals surface area contributed by atoms with Gasteiger partial charge in [-0.15, -0.1) is 0 Å². The van der Waals surface area contributed by atoms with Crippen LogP contribution in [-0.4, -0.2) is 15.5 Å². The summed E-state index contributed by atoms with van der Waals surface area (Å²) in [5, 5.41) is 4.41. The topological polar surface area (TPSA) is 46.9 Å². The summed E-state index contributed by atoms with van der Waals surface area (Å²) in [4.78, 5) is 17.1. The fraction of sp³-hybridized carbons (Fsp3) is 0.286. The summed E-state index contributed by atoms with van der Waals surface area (Å²) >= 11 is 0. The Labute approximate surface area is 189 Å². The molecule has 0 aliphatic heterocycles. The second-order valence-corrected chi connectivity index (χ2v) is 8.72. The third-order valence-corrected chi connectivity index (χ3v) is 6.67. The fourth-order valence-corrected chi connectivity index (χ4v) is 4.97. The molecule has 4 aromatic rings. The highest BCUT2D eigenvalue weighted by atomic mass is 16.1. The number of rotatable bonds is 6. The zero-order valence-corrected chi connectivity index (χ0v) is 18.6. The number of aromatic nitrogens is 2. The Balaban J connectivity index is 1.40. The molecule has 0 spiro atoms. The normalized spacial score (nSPS) is 15.5. The van der Waals surface area contributed by atoms with E-state index in [1.165, 1.54) is 33.3 Å². The number of para-hydroxylation sites is 1. The smallest absolute Gasteiger partial charge is 0.223 e. The van der Waals surface area contributed by atoms with Crippen molar-refractivity contribution in [2.24, 2.45) is 5.92 Å². The Morgan fingerprint density at radius 1 is 1.06 bits per heavy atom. The summed E-state index contributed by atoms with van der Waals surface area (Å²) in [6, 6.07) is 21.4. The van der Waals surface area contributed by atoms with Crippen LogP contribution in [0.25, 0.3) is 10.9 Å². The molecule has 1 unspecified atom stereocenters. The van der Waals surface area contributed by atoms with E-state index in [2.05, 4.69) is 70.3 Å². The van der Waals surface area contributed by atoms with Gasteiger partial charge in [0.1, 0.15) is 0 Å². The minimum atomic E-state index is 0.0156. The first-order valence-electron chi connectivity index (χ1n) is 11.6. The number of carbonyl (C=O) groups is 1. The molecule has 2 aromatic heterocycles. The van der Waals surface area contributed by atoms with Crippen molar-refractivity contribution >= 4 is 16.8 Å². The molecule has 1 atom stereocenters. The highest BCUT2D eigenvalue weighted by molar-refractivity contribution is 5.88. The van der Waals surface area contributed by atoms with Gasteiger partial charge in [0.2, 0.25) is 5.91 Å². The van der Waals surface area contributed by atoms with E-state index < -0.39 is 0 Å². The predicted molar refractivity (Wildman–Crippen MR) is 128 cm³/mol. The second kappa shape index (κ2) is 8.99. The highest BCUT2D eigenvalue weighted by Crippen LogP contribution is 2.35. The van der Waals surface area contributed by atoms with E-state index >= 15 is 0 Å². The Morgan fingerprint density at radius 2 is 1.91 bits per heavy atom. The van der Waals surface area contributed by atoms with Gasteiger partial charge in [0.05, 0.1) is 0 Å². The molecule has 162 valence electrons. The lowest BCUT2D eigenvalue weighted by Crippen LogP contribution is -2.34. The lowest BCUT2D eigenvalue weighted by Gasteiger charge is -2.23. The van der Waals surface area contributed by atoms with Crippen LogP contribution in [-0.2, 0) is 37.1 Å². The standard InChI is InChI=1S/C28H29N3O/c1-2-20-7-5-8-21(15-20)19-31-26-11-4-3-10-24(26)25-16-23(12-13-27(25)31)28(32)30-18-22-9-6-14-29-17-22/h3-11,14-15,17,23H,2,12-13,16,18-19H2,1H3,(H,30,32). The first kappa shape index (κ1) is 20.5. The van der Waals surface area contributed by atoms with Crippen molar-refractivity contribution in [3.8, 4) is 0 Å². The third-order valence-electron chi connectivity index (χ3n) is 6.67. The number of hydrogen-bond acceptors (Lipinski definition) is 2. The monoisotopic (exact) mass is 423 g/mol. The first-order valence-corrected chi connectivity index (χ1v) is 11.6. The molecule has 2 heterocycles. The van der Waals surface area contributed by atoms with Gasteiger partial charge < -0.3 is 9.88 Å². The Kier molecular flexibility index (Phi) is 5.76. The van der Waals surface area contributed by atoms with E-state index in [0.717, 1.165) is 37.8 Å². The molecule has 1 N–H and O–H groups in total. The minimum absolute atomic E-state index is 0.0156. The van der Waals surface area contributed by atoms with E-state index in [1.807, 2.05) is 12.1 Å². The van der Waals surface area contributed by atoms with Crippen LogP contribution in [0, 0.1) is 5.92 Å². The van der Waals surface area contributed by atoms with Gasteiger partial charge in [-0.2, -0.15) is 0 Å². The molecule has 0 fully saturated rings. The zero-order valence-electron chi connectivity index (χ0n) is 18.6. The number of amides is 1. The van der Waals surface area contributed by atoms with Gasteiger partial charge in [-0.05, 0) is 60.1 Å². The van der Waals surface area contributed by atoms with E-state index in [-0.39, 0.29) is 11.8 Å². The van der Waals surface area contributed by atoms with Crippen molar-refractivity contribution in [1.29, 1.82) is 0 Å². The third kappa shape index (κ3) is 4.05. The summed E-state index contributed by atoms with van der Waals surface area (Å²) in [5.74, 6) is 0.161. The van der Waals surface area contributed by atoms with Crippen molar-refractivity contribution in [1.82, 2.24) is 14.9 Å². The zero-order chi connectivity index (χ0) is 21.9. The van der Waals surface area contributed by atoms with E-state index in [4.69, 9.17) is 0 Å². The molecule has 32 heavy (non-hydrogen) atoms. The number of pyridine rings is 1. The molecule has 0 saturated heterocycles. The molecule has 1 amide bonds. The first-order chi connectivity index (χ1) is 15.7. The maximum Gasteiger partial charge on any atom is 0.223 e. The van der Waals surface area contributed by atoms with Crippen LogP contribution < -0.4 is 5.32 Å². The number of benzene rings is 2. The van der Waals surface area contributed by atoms with Crippen LogP contribution in [0.15, 0.2) is 73.1 Å². The number of fused-ring (bicyclic) bond motifs is 3. The SMILES string of the molecule is CCc1cccc(Cn2c3c(c4ccccc42)CC(C(=O)NCc2cccnc2)CC3)c1. The average Bonchev–Trinajstić information content (AvgIpc) is 3.16. The number of nitrogens with zero attached hydrogens (tertiary/aromatic N) is 2. The van der Waals surface area contributed by atoms with Crippen LogP contribution in [0.5, 0.6) is 0 Å². The van der Waals surface area contributed by atoms with E-state index in [9.17, 15) is 4.79 Å². The van der Waals surface area contributed by atoms with Crippen LogP contribution in [0.3, 0.4) is 0 Å². The maximum atomic E-state index is 12.9. The lowest BCUT2D eigenvalue weighted by atomic mass is 9.85.